The van der Waals surface area contributed by atoms with E-state index in [1.807, 2.05) is 30.1 Å². The number of hydrogen-bond acceptors (Lipinski definition) is 7. The quantitative estimate of drug-likeness (QED) is 0.590. The summed E-state index contributed by atoms with van der Waals surface area (Å²) in [6, 6.07) is 8.38. The van der Waals surface area contributed by atoms with Gasteiger partial charge in [-0.3, -0.25) is 14.6 Å². The number of amides is 1. The van der Waals surface area contributed by atoms with Crippen molar-refractivity contribution in [3.8, 4) is 0 Å². The van der Waals surface area contributed by atoms with Crippen LogP contribution in [0.15, 0.2) is 28.8 Å². The average Bonchev–Trinajstić information content (AvgIpc) is 3.38. The fourth-order valence-electron chi connectivity index (χ4n) is 4.80. The summed E-state index contributed by atoms with van der Waals surface area (Å²) in [6.45, 7) is 10.7. The minimum absolute atomic E-state index is 0.264. The van der Waals surface area contributed by atoms with Crippen molar-refractivity contribution >= 4 is 27.5 Å². The third-order valence-electron chi connectivity index (χ3n) is 6.89. The van der Waals surface area contributed by atoms with E-state index in [1.165, 1.54) is 15.3 Å². The molecule has 1 amide bonds. The number of para-hydroxylation sites is 1. The van der Waals surface area contributed by atoms with Crippen LogP contribution in [0, 0.1) is 13.8 Å². The molecule has 2 aliphatic heterocycles. The van der Waals surface area contributed by atoms with Crippen LogP contribution >= 0.6 is 11.3 Å². The van der Waals surface area contributed by atoms with Gasteiger partial charge in [-0.2, -0.15) is 0 Å². The number of piperazine rings is 1. The van der Waals surface area contributed by atoms with Gasteiger partial charge in [0, 0.05) is 44.2 Å². The van der Waals surface area contributed by atoms with Crippen molar-refractivity contribution < 1.29 is 9.32 Å². The smallest absolute Gasteiger partial charge is 0.236 e. The van der Waals surface area contributed by atoms with Crippen molar-refractivity contribution in [2.24, 2.45) is 0 Å². The summed E-state index contributed by atoms with van der Waals surface area (Å²) in [5.41, 5.74) is 3.26. The molecule has 2 saturated heterocycles. The van der Waals surface area contributed by atoms with E-state index in [1.54, 1.807) is 0 Å². The third-order valence-corrected chi connectivity index (χ3v) is 8.09. The zero-order chi connectivity index (χ0) is 22.1. The molecule has 0 atom stereocenters. The van der Waals surface area contributed by atoms with Gasteiger partial charge in [-0.25, -0.2) is 4.98 Å². The monoisotopic (exact) mass is 453 g/mol. The van der Waals surface area contributed by atoms with Gasteiger partial charge in [0.25, 0.3) is 0 Å². The molecular weight excluding hydrogens is 422 g/mol. The van der Waals surface area contributed by atoms with Crippen LogP contribution in [0.4, 0.5) is 0 Å². The lowest BCUT2D eigenvalue weighted by atomic mass is 9.97. The van der Waals surface area contributed by atoms with Crippen molar-refractivity contribution in [3.05, 3.63) is 46.3 Å². The van der Waals surface area contributed by atoms with Crippen LogP contribution in [0.5, 0.6) is 0 Å². The van der Waals surface area contributed by atoms with Crippen molar-refractivity contribution in [3.63, 3.8) is 0 Å². The molecule has 7 nitrogen and oxygen atoms in total. The van der Waals surface area contributed by atoms with Crippen molar-refractivity contribution in [1.29, 1.82) is 0 Å². The van der Waals surface area contributed by atoms with Crippen molar-refractivity contribution in [1.82, 2.24) is 24.8 Å². The van der Waals surface area contributed by atoms with Gasteiger partial charge in [-0.15, -0.1) is 11.3 Å². The minimum Gasteiger partial charge on any atom is -0.361 e. The van der Waals surface area contributed by atoms with Crippen LogP contribution in [-0.4, -0.2) is 76.6 Å². The largest absolute Gasteiger partial charge is 0.361 e. The summed E-state index contributed by atoms with van der Waals surface area (Å²) in [4.78, 5) is 24.5. The van der Waals surface area contributed by atoms with E-state index >= 15 is 0 Å². The van der Waals surface area contributed by atoms with E-state index in [0.717, 1.165) is 75.6 Å². The molecule has 0 N–H and O–H groups in total. The predicted octanol–water partition coefficient (Wildman–Crippen LogP) is 3.42. The first-order valence-corrected chi connectivity index (χ1v) is 12.4. The number of piperidine rings is 1. The number of likely N-dealkylation sites (tertiary alicyclic amines) is 1. The molecule has 2 aromatic heterocycles. The summed E-state index contributed by atoms with van der Waals surface area (Å²) in [6.07, 6.45) is 2.16. The van der Waals surface area contributed by atoms with E-state index in [0.29, 0.717) is 12.5 Å². The zero-order valence-electron chi connectivity index (χ0n) is 18.9. The molecule has 0 radical (unpaired) electrons. The van der Waals surface area contributed by atoms with Gasteiger partial charge < -0.3 is 9.42 Å². The van der Waals surface area contributed by atoms with Crippen molar-refractivity contribution in [2.75, 3.05) is 45.8 Å². The minimum atomic E-state index is 0.264. The first-order chi connectivity index (χ1) is 15.6. The van der Waals surface area contributed by atoms with Crippen molar-refractivity contribution in [2.45, 2.75) is 39.2 Å². The van der Waals surface area contributed by atoms with E-state index in [2.05, 4.69) is 39.2 Å². The van der Waals surface area contributed by atoms with Gasteiger partial charge in [-0.1, -0.05) is 17.3 Å². The maximum Gasteiger partial charge on any atom is 0.236 e. The molecule has 0 unspecified atom stereocenters. The first-order valence-electron chi connectivity index (χ1n) is 11.6. The summed E-state index contributed by atoms with van der Waals surface area (Å²) < 4.78 is 6.55. The zero-order valence-corrected chi connectivity index (χ0v) is 19.7. The molecule has 170 valence electrons. The Morgan fingerprint density at radius 3 is 2.50 bits per heavy atom. The number of carbonyl (C=O) groups is 1. The van der Waals surface area contributed by atoms with Gasteiger partial charge in [0.05, 0.1) is 27.5 Å². The van der Waals surface area contributed by atoms with E-state index in [4.69, 9.17) is 9.51 Å². The second-order valence-corrected chi connectivity index (χ2v) is 10.1. The molecule has 0 spiro atoms. The fourth-order valence-corrected chi connectivity index (χ4v) is 5.94. The maximum atomic E-state index is 12.9. The van der Waals surface area contributed by atoms with Crippen LogP contribution in [0.3, 0.4) is 0 Å². The number of thiazole rings is 1. The van der Waals surface area contributed by atoms with Gasteiger partial charge in [0.2, 0.25) is 5.91 Å². The highest BCUT2D eigenvalue weighted by Crippen LogP contribution is 2.33. The van der Waals surface area contributed by atoms with Gasteiger partial charge in [0.15, 0.2) is 0 Å². The molecule has 0 bridgehead atoms. The lowest BCUT2D eigenvalue weighted by Gasteiger charge is -2.37. The Kier molecular flexibility index (Phi) is 6.26. The Morgan fingerprint density at radius 2 is 1.81 bits per heavy atom. The SMILES string of the molecule is Cc1noc(C)c1CN1CCN(C(=O)CN2CCC(c3nc4ccccc4s3)CC2)CC1. The Bertz CT molecular complexity index is 1020. The van der Waals surface area contributed by atoms with Gasteiger partial charge >= 0.3 is 0 Å². The van der Waals surface area contributed by atoms with E-state index in [-0.39, 0.29) is 5.91 Å². The van der Waals surface area contributed by atoms with E-state index in [9.17, 15) is 4.79 Å². The first kappa shape index (κ1) is 21.6. The second kappa shape index (κ2) is 9.29. The van der Waals surface area contributed by atoms with Crippen LogP contribution < -0.4 is 0 Å². The number of nitrogens with zero attached hydrogens (tertiary/aromatic N) is 5. The highest BCUT2D eigenvalue weighted by molar-refractivity contribution is 7.18. The third kappa shape index (κ3) is 4.58. The van der Waals surface area contributed by atoms with Crippen LogP contribution in [-0.2, 0) is 11.3 Å². The Morgan fingerprint density at radius 1 is 1.06 bits per heavy atom. The predicted molar refractivity (Wildman–Crippen MR) is 126 cm³/mol. The molecule has 32 heavy (non-hydrogen) atoms. The van der Waals surface area contributed by atoms with Gasteiger partial charge in [-0.05, 0) is 51.9 Å². The molecule has 3 aromatic rings. The van der Waals surface area contributed by atoms with Crippen LogP contribution in [0.25, 0.3) is 10.2 Å². The number of benzene rings is 1. The molecule has 4 heterocycles. The Hall–Kier alpha value is -2.29. The molecule has 2 aliphatic rings. The number of fused-ring (bicyclic) bond motifs is 1. The summed E-state index contributed by atoms with van der Waals surface area (Å²) in [7, 11) is 0. The summed E-state index contributed by atoms with van der Waals surface area (Å²) in [5.74, 6) is 1.68. The molecule has 0 saturated carbocycles. The molecule has 0 aliphatic carbocycles. The lowest BCUT2D eigenvalue weighted by molar-refractivity contribution is -0.134. The number of rotatable bonds is 5. The van der Waals surface area contributed by atoms with E-state index < -0.39 is 0 Å². The standard InChI is InChI=1S/C24H31N5O2S/c1-17-20(18(2)31-26-17)15-28-11-13-29(14-12-28)23(30)16-27-9-7-19(8-10-27)24-25-21-5-3-4-6-22(21)32-24/h3-6,19H,7-16H2,1-2H3. The number of hydrogen-bond donors (Lipinski definition) is 0. The maximum absolute atomic E-state index is 12.9. The van der Waals surface area contributed by atoms with Gasteiger partial charge in [0.1, 0.15) is 5.76 Å². The van der Waals surface area contributed by atoms with Crippen LogP contribution in [0.1, 0.15) is 40.8 Å². The second-order valence-electron chi connectivity index (χ2n) is 9.03. The van der Waals surface area contributed by atoms with Crippen LogP contribution in [0.2, 0.25) is 0 Å². The molecule has 1 aromatic carbocycles. The highest BCUT2D eigenvalue weighted by atomic mass is 32.1. The Balaban J connectivity index is 1.08. The lowest BCUT2D eigenvalue weighted by Crippen LogP contribution is -2.51. The summed E-state index contributed by atoms with van der Waals surface area (Å²) >= 11 is 1.83. The number of aromatic nitrogens is 2. The number of carbonyl (C=O) groups excluding carboxylic acids is 1. The summed E-state index contributed by atoms with van der Waals surface area (Å²) in [5, 5.41) is 5.31. The normalized spacial score (nSPS) is 19.1. The topological polar surface area (TPSA) is 65.7 Å². The average molecular weight is 454 g/mol. The molecular formula is C24H31N5O2S. The Labute approximate surface area is 193 Å². The molecule has 8 heteroatoms. The highest BCUT2D eigenvalue weighted by Gasteiger charge is 2.27. The fraction of sp³-hybridized carbons (Fsp3) is 0.542. The number of aryl methyl sites for hydroxylation is 2. The molecule has 2 fully saturated rings. The molecule has 5 rings (SSSR count).